The highest BCUT2D eigenvalue weighted by molar-refractivity contribution is 6.33. The molecule has 1 aliphatic rings. The normalized spacial score (nSPS) is 15.7. The Morgan fingerprint density at radius 2 is 1.72 bits per heavy atom. The number of methoxy groups -OCH3 is 2. The van der Waals surface area contributed by atoms with Crippen LogP contribution in [0.2, 0.25) is 5.02 Å². The summed E-state index contributed by atoms with van der Waals surface area (Å²) < 4.78 is 11.1. The van der Waals surface area contributed by atoms with Crippen molar-refractivity contribution in [2.24, 2.45) is 0 Å². The van der Waals surface area contributed by atoms with E-state index in [1.807, 2.05) is 24.3 Å². The first-order valence-electron chi connectivity index (χ1n) is 10.7. The zero-order chi connectivity index (χ0) is 22.5. The third kappa shape index (κ3) is 4.74. The van der Waals surface area contributed by atoms with Crippen LogP contribution in [0.15, 0.2) is 66.7 Å². The molecule has 1 unspecified atom stereocenters. The molecule has 0 radical (unpaired) electrons. The lowest BCUT2D eigenvalue weighted by atomic mass is 9.91. The van der Waals surface area contributed by atoms with Crippen LogP contribution in [0.1, 0.15) is 33.1 Å². The van der Waals surface area contributed by atoms with Gasteiger partial charge >= 0.3 is 0 Å². The van der Waals surface area contributed by atoms with Crippen LogP contribution in [0, 0.1) is 0 Å². The average Bonchev–Trinajstić information content (AvgIpc) is 2.83. The monoisotopic (exact) mass is 450 g/mol. The molecule has 1 aliphatic heterocycles. The van der Waals surface area contributed by atoms with Crippen molar-refractivity contribution in [3.63, 3.8) is 0 Å². The van der Waals surface area contributed by atoms with Crippen LogP contribution in [0.25, 0.3) is 0 Å². The van der Waals surface area contributed by atoms with E-state index in [0.29, 0.717) is 22.9 Å². The molecule has 1 atom stereocenters. The van der Waals surface area contributed by atoms with E-state index in [1.165, 1.54) is 11.1 Å². The molecule has 166 valence electrons. The first-order valence-corrected chi connectivity index (χ1v) is 11.0. The topological polar surface area (TPSA) is 50.8 Å². The van der Waals surface area contributed by atoms with Crippen molar-refractivity contribution >= 4 is 17.5 Å². The van der Waals surface area contributed by atoms with Crippen LogP contribution in [0.3, 0.4) is 0 Å². The van der Waals surface area contributed by atoms with Crippen molar-refractivity contribution in [1.82, 2.24) is 10.2 Å². The molecule has 1 N–H and O–H groups in total. The Morgan fingerprint density at radius 3 is 2.44 bits per heavy atom. The molecule has 0 spiro atoms. The minimum atomic E-state index is -0.178. The minimum absolute atomic E-state index is 0.00907. The van der Waals surface area contributed by atoms with Crippen LogP contribution >= 0.6 is 11.6 Å². The molecule has 3 aromatic carbocycles. The highest BCUT2D eigenvalue weighted by Crippen LogP contribution is 2.38. The second-order valence-corrected chi connectivity index (χ2v) is 8.22. The van der Waals surface area contributed by atoms with Gasteiger partial charge in [0.1, 0.15) is 0 Å². The van der Waals surface area contributed by atoms with Gasteiger partial charge in [-0.3, -0.25) is 9.69 Å². The maximum absolute atomic E-state index is 12.8. The van der Waals surface area contributed by atoms with Crippen molar-refractivity contribution < 1.29 is 14.3 Å². The molecule has 1 heterocycles. The minimum Gasteiger partial charge on any atom is -0.493 e. The highest BCUT2D eigenvalue weighted by Gasteiger charge is 2.29. The van der Waals surface area contributed by atoms with Gasteiger partial charge in [0.05, 0.1) is 30.8 Å². The number of hydrogen-bond acceptors (Lipinski definition) is 4. The Hall–Kier alpha value is -3.02. The van der Waals surface area contributed by atoms with Gasteiger partial charge in [-0.15, -0.1) is 0 Å². The molecule has 6 heteroatoms. The third-order valence-electron chi connectivity index (χ3n) is 5.92. The number of carbonyl (C=O) groups excluding carboxylic acids is 1. The summed E-state index contributed by atoms with van der Waals surface area (Å²) in [5.41, 5.74) is 4.07. The van der Waals surface area contributed by atoms with E-state index in [9.17, 15) is 4.79 Å². The highest BCUT2D eigenvalue weighted by atomic mass is 35.5. The van der Waals surface area contributed by atoms with E-state index in [4.69, 9.17) is 21.1 Å². The molecule has 5 nitrogen and oxygen atoms in total. The SMILES string of the molecule is COc1cc2c(cc1OC)C(CNC(=O)c1ccccc1Cl)N(Cc1ccccc1)CC2. The maximum Gasteiger partial charge on any atom is 0.252 e. The average molecular weight is 451 g/mol. The standard InChI is InChI=1S/C26H27ClN2O3/c1-31-24-14-19-12-13-29(17-18-8-4-3-5-9-18)23(21(19)15-25(24)32-2)16-28-26(30)20-10-6-7-11-22(20)27/h3-11,14-15,23H,12-13,16-17H2,1-2H3,(H,28,30). The Kier molecular flexibility index (Phi) is 6.98. The van der Waals surface area contributed by atoms with Crippen molar-refractivity contribution in [1.29, 1.82) is 0 Å². The molecule has 3 aromatic rings. The fourth-order valence-electron chi connectivity index (χ4n) is 4.26. The van der Waals surface area contributed by atoms with E-state index >= 15 is 0 Å². The number of nitrogens with zero attached hydrogens (tertiary/aromatic N) is 1. The first kappa shape index (κ1) is 22.2. The van der Waals surface area contributed by atoms with Gasteiger partial charge in [0.25, 0.3) is 5.91 Å². The van der Waals surface area contributed by atoms with Crippen LogP contribution in [-0.2, 0) is 13.0 Å². The van der Waals surface area contributed by atoms with E-state index < -0.39 is 0 Å². The fourth-order valence-corrected chi connectivity index (χ4v) is 4.48. The summed E-state index contributed by atoms with van der Waals surface area (Å²) in [7, 11) is 3.29. The zero-order valence-corrected chi connectivity index (χ0v) is 19.1. The number of rotatable bonds is 7. The van der Waals surface area contributed by atoms with Gasteiger partial charge in [-0.1, -0.05) is 54.1 Å². The van der Waals surface area contributed by atoms with Crippen LogP contribution in [0.5, 0.6) is 11.5 Å². The number of fused-ring (bicyclic) bond motifs is 1. The number of amides is 1. The number of ether oxygens (including phenoxy) is 2. The molecule has 1 amide bonds. The van der Waals surface area contributed by atoms with Gasteiger partial charge in [0.15, 0.2) is 11.5 Å². The quantitative estimate of drug-likeness (QED) is 0.557. The smallest absolute Gasteiger partial charge is 0.252 e. The van der Waals surface area contributed by atoms with Gasteiger partial charge in [-0.25, -0.2) is 0 Å². The molecule has 0 bridgehead atoms. The first-order chi connectivity index (χ1) is 15.6. The Labute approximate surface area is 193 Å². The molecule has 0 aromatic heterocycles. The van der Waals surface area contributed by atoms with Gasteiger partial charge in [-0.2, -0.15) is 0 Å². The summed E-state index contributed by atoms with van der Waals surface area (Å²) in [5, 5.41) is 3.54. The number of halogens is 1. The lowest BCUT2D eigenvalue weighted by molar-refractivity contribution is 0.0926. The third-order valence-corrected chi connectivity index (χ3v) is 6.25. The summed E-state index contributed by atoms with van der Waals surface area (Å²) in [5.74, 6) is 1.24. The predicted molar refractivity (Wildman–Crippen MR) is 127 cm³/mol. The van der Waals surface area contributed by atoms with E-state index in [2.05, 4.69) is 40.5 Å². The molecule has 32 heavy (non-hydrogen) atoms. The van der Waals surface area contributed by atoms with Crippen LogP contribution in [0.4, 0.5) is 0 Å². The summed E-state index contributed by atoms with van der Waals surface area (Å²) in [6, 6.07) is 21.6. The summed E-state index contributed by atoms with van der Waals surface area (Å²) in [6.07, 6.45) is 0.900. The van der Waals surface area contributed by atoms with Gasteiger partial charge < -0.3 is 14.8 Å². The van der Waals surface area contributed by atoms with Crippen molar-refractivity contribution in [2.75, 3.05) is 27.3 Å². The van der Waals surface area contributed by atoms with Crippen molar-refractivity contribution in [2.45, 2.75) is 19.0 Å². The number of carbonyl (C=O) groups is 1. The molecule has 0 fully saturated rings. The van der Waals surface area contributed by atoms with E-state index in [-0.39, 0.29) is 11.9 Å². The second kappa shape index (κ2) is 10.1. The fraction of sp³-hybridized carbons (Fsp3) is 0.269. The van der Waals surface area contributed by atoms with E-state index in [0.717, 1.165) is 30.8 Å². The van der Waals surface area contributed by atoms with Gasteiger partial charge in [0, 0.05) is 19.6 Å². The zero-order valence-electron chi connectivity index (χ0n) is 18.3. The number of hydrogen-bond donors (Lipinski definition) is 1. The lowest BCUT2D eigenvalue weighted by Crippen LogP contribution is -2.41. The predicted octanol–water partition coefficient (Wildman–Crippen LogP) is 4.89. The molecular weight excluding hydrogens is 424 g/mol. The second-order valence-electron chi connectivity index (χ2n) is 7.82. The molecule has 4 rings (SSSR count). The van der Waals surface area contributed by atoms with Gasteiger partial charge in [-0.05, 0) is 47.4 Å². The summed E-state index contributed by atoms with van der Waals surface area (Å²) in [4.78, 5) is 15.2. The largest absolute Gasteiger partial charge is 0.493 e. The summed E-state index contributed by atoms with van der Waals surface area (Å²) >= 11 is 6.23. The van der Waals surface area contributed by atoms with Crippen molar-refractivity contribution in [3.8, 4) is 11.5 Å². The Morgan fingerprint density at radius 1 is 1.03 bits per heavy atom. The molecular formula is C26H27ClN2O3. The van der Waals surface area contributed by atoms with Gasteiger partial charge in [0.2, 0.25) is 0 Å². The lowest BCUT2D eigenvalue weighted by Gasteiger charge is -2.38. The van der Waals surface area contributed by atoms with E-state index in [1.54, 1.807) is 26.4 Å². The number of nitrogens with one attached hydrogen (secondary N) is 1. The van der Waals surface area contributed by atoms with Crippen molar-refractivity contribution in [3.05, 3.63) is 94.0 Å². The molecule has 0 saturated carbocycles. The molecule has 0 saturated heterocycles. The van der Waals surface area contributed by atoms with Crippen LogP contribution < -0.4 is 14.8 Å². The molecule has 0 aliphatic carbocycles. The Bertz CT molecular complexity index is 1090. The number of benzene rings is 3. The Balaban J connectivity index is 1.63. The van der Waals surface area contributed by atoms with Crippen LogP contribution in [-0.4, -0.2) is 38.1 Å². The summed E-state index contributed by atoms with van der Waals surface area (Å²) in [6.45, 7) is 2.13. The maximum atomic E-state index is 12.8.